The van der Waals surface area contributed by atoms with Gasteiger partial charge in [-0.3, -0.25) is 0 Å². The second-order valence-electron chi connectivity index (χ2n) is 5.31. The minimum absolute atomic E-state index is 0.276. The van der Waals surface area contributed by atoms with Gasteiger partial charge in [-0.1, -0.05) is 0 Å². The van der Waals surface area contributed by atoms with Gasteiger partial charge in [-0.25, -0.2) is 0 Å². The molecule has 0 aromatic rings. The summed E-state index contributed by atoms with van der Waals surface area (Å²) in [5.74, 6) is 4.86. The highest BCUT2D eigenvalue weighted by atomic mass is 32.2. The van der Waals surface area contributed by atoms with E-state index in [4.69, 9.17) is 4.74 Å². The van der Waals surface area contributed by atoms with Gasteiger partial charge in [0.05, 0.1) is 5.60 Å². The summed E-state index contributed by atoms with van der Waals surface area (Å²) < 4.78 is 6.06. The third kappa shape index (κ3) is 2.55. The van der Waals surface area contributed by atoms with Gasteiger partial charge in [0, 0.05) is 17.6 Å². The molecule has 3 fully saturated rings. The van der Waals surface area contributed by atoms with Gasteiger partial charge in [-0.15, -0.1) is 0 Å². The largest absolute Gasteiger partial charge is 0.374 e. The third-order valence-electron chi connectivity index (χ3n) is 3.95. The van der Waals surface area contributed by atoms with Crippen molar-refractivity contribution in [3.63, 3.8) is 0 Å². The average Bonchev–Trinajstić information content (AvgIpc) is 2.64. The van der Waals surface area contributed by atoms with Gasteiger partial charge < -0.3 is 10.1 Å². The predicted molar refractivity (Wildman–Crippen MR) is 72.5 cm³/mol. The molecule has 3 rings (SSSR count). The van der Waals surface area contributed by atoms with Crippen molar-refractivity contribution >= 4 is 23.5 Å². The molecule has 3 aliphatic rings. The molecule has 3 aliphatic heterocycles. The summed E-state index contributed by atoms with van der Waals surface area (Å²) in [5.41, 5.74) is 0.276. The lowest BCUT2D eigenvalue weighted by molar-refractivity contribution is -0.0562. The Balaban J connectivity index is 1.47. The molecule has 2 unspecified atom stereocenters. The molecular formula is C12H21NOS2. The van der Waals surface area contributed by atoms with E-state index in [2.05, 4.69) is 28.8 Å². The molecule has 0 saturated carbocycles. The summed E-state index contributed by atoms with van der Waals surface area (Å²) in [6.45, 7) is 3.50. The molecule has 0 aromatic heterocycles. The Hall–Kier alpha value is 0.620. The molecule has 92 valence electrons. The van der Waals surface area contributed by atoms with Crippen molar-refractivity contribution in [3.8, 4) is 0 Å². The van der Waals surface area contributed by atoms with Crippen LogP contribution >= 0.6 is 23.5 Å². The molecule has 3 saturated heterocycles. The van der Waals surface area contributed by atoms with E-state index in [0.717, 1.165) is 17.8 Å². The van der Waals surface area contributed by atoms with Crippen LogP contribution in [0.15, 0.2) is 0 Å². The molecule has 0 radical (unpaired) electrons. The van der Waals surface area contributed by atoms with Crippen LogP contribution in [0.4, 0.5) is 0 Å². The van der Waals surface area contributed by atoms with E-state index in [0.29, 0.717) is 0 Å². The Bertz CT molecular complexity index is 239. The van der Waals surface area contributed by atoms with Gasteiger partial charge in [0.15, 0.2) is 0 Å². The predicted octanol–water partition coefficient (Wildman–Crippen LogP) is 1.99. The summed E-state index contributed by atoms with van der Waals surface area (Å²) in [7, 11) is 0. The average molecular weight is 259 g/mol. The summed E-state index contributed by atoms with van der Waals surface area (Å²) in [6, 6.07) is 0. The maximum absolute atomic E-state index is 6.06. The fourth-order valence-corrected chi connectivity index (χ4v) is 5.57. The van der Waals surface area contributed by atoms with Crippen LogP contribution in [0.2, 0.25) is 0 Å². The maximum Gasteiger partial charge on any atom is 0.0790 e. The molecule has 0 bridgehead atoms. The molecular weight excluding hydrogens is 238 g/mol. The SMILES string of the molecule is C1CC(SCC2CNC2)CC2(CCSC2)O1. The molecule has 1 spiro atoms. The summed E-state index contributed by atoms with van der Waals surface area (Å²) in [6.07, 6.45) is 3.88. The topological polar surface area (TPSA) is 21.3 Å². The number of rotatable bonds is 3. The van der Waals surface area contributed by atoms with Crippen LogP contribution in [0.5, 0.6) is 0 Å². The number of hydrogen-bond donors (Lipinski definition) is 1. The zero-order chi connectivity index (χ0) is 10.8. The highest BCUT2D eigenvalue weighted by Gasteiger charge is 2.40. The monoisotopic (exact) mass is 259 g/mol. The minimum atomic E-state index is 0.276. The molecule has 2 atom stereocenters. The van der Waals surface area contributed by atoms with E-state index < -0.39 is 0 Å². The van der Waals surface area contributed by atoms with Crippen molar-refractivity contribution in [1.29, 1.82) is 0 Å². The highest BCUT2D eigenvalue weighted by Crippen LogP contribution is 2.41. The van der Waals surface area contributed by atoms with Gasteiger partial charge in [0.1, 0.15) is 0 Å². The number of hydrogen-bond acceptors (Lipinski definition) is 4. The Kier molecular flexibility index (Phi) is 3.72. The van der Waals surface area contributed by atoms with Crippen LogP contribution in [-0.4, -0.2) is 47.8 Å². The molecule has 16 heavy (non-hydrogen) atoms. The molecule has 3 heterocycles. The zero-order valence-electron chi connectivity index (χ0n) is 9.74. The van der Waals surface area contributed by atoms with Gasteiger partial charge in [0.25, 0.3) is 0 Å². The summed E-state index contributed by atoms with van der Waals surface area (Å²) in [4.78, 5) is 0. The fourth-order valence-electron chi connectivity index (χ4n) is 2.73. The first kappa shape index (κ1) is 11.7. The van der Waals surface area contributed by atoms with Gasteiger partial charge >= 0.3 is 0 Å². The molecule has 0 aliphatic carbocycles. The lowest BCUT2D eigenvalue weighted by Crippen LogP contribution is -2.44. The molecule has 0 amide bonds. The lowest BCUT2D eigenvalue weighted by Gasteiger charge is -2.38. The molecule has 2 nitrogen and oxygen atoms in total. The van der Waals surface area contributed by atoms with Crippen molar-refractivity contribution in [2.45, 2.75) is 30.1 Å². The van der Waals surface area contributed by atoms with Crippen molar-refractivity contribution in [2.75, 3.05) is 37.0 Å². The molecule has 1 N–H and O–H groups in total. The first-order chi connectivity index (χ1) is 7.86. The third-order valence-corrected chi connectivity index (χ3v) is 6.71. The first-order valence-corrected chi connectivity index (χ1v) is 8.61. The number of ether oxygens (including phenoxy) is 1. The second-order valence-corrected chi connectivity index (χ2v) is 7.74. The van der Waals surface area contributed by atoms with Crippen LogP contribution < -0.4 is 5.32 Å². The zero-order valence-corrected chi connectivity index (χ0v) is 11.4. The quantitative estimate of drug-likeness (QED) is 0.836. The Morgan fingerprint density at radius 2 is 2.38 bits per heavy atom. The van der Waals surface area contributed by atoms with E-state index in [9.17, 15) is 0 Å². The standard InChI is InChI=1S/C12H21NOS2/c1-3-14-12(2-4-15-9-12)5-11(1)16-8-10-6-13-7-10/h10-11,13H,1-9H2. The van der Waals surface area contributed by atoms with Crippen molar-refractivity contribution in [1.82, 2.24) is 5.32 Å². The normalized spacial score (nSPS) is 40.1. The van der Waals surface area contributed by atoms with Crippen molar-refractivity contribution in [3.05, 3.63) is 0 Å². The maximum atomic E-state index is 6.06. The number of nitrogens with one attached hydrogen (secondary N) is 1. The lowest BCUT2D eigenvalue weighted by atomic mass is 9.93. The Labute approximate surface area is 107 Å². The van der Waals surface area contributed by atoms with Crippen LogP contribution in [0.1, 0.15) is 19.3 Å². The van der Waals surface area contributed by atoms with Crippen molar-refractivity contribution in [2.24, 2.45) is 5.92 Å². The van der Waals surface area contributed by atoms with Crippen LogP contribution in [-0.2, 0) is 4.74 Å². The van der Waals surface area contributed by atoms with Crippen LogP contribution in [0.3, 0.4) is 0 Å². The highest BCUT2D eigenvalue weighted by molar-refractivity contribution is 8.00. The van der Waals surface area contributed by atoms with Gasteiger partial charge in [-0.05, 0) is 49.8 Å². The minimum Gasteiger partial charge on any atom is -0.374 e. The van der Waals surface area contributed by atoms with E-state index in [1.165, 1.54) is 49.6 Å². The van der Waals surface area contributed by atoms with Crippen LogP contribution in [0.25, 0.3) is 0 Å². The smallest absolute Gasteiger partial charge is 0.0790 e. The van der Waals surface area contributed by atoms with Crippen molar-refractivity contribution < 1.29 is 4.74 Å². The molecule has 0 aromatic carbocycles. The number of thioether (sulfide) groups is 2. The summed E-state index contributed by atoms with van der Waals surface area (Å²) >= 11 is 4.29. The second kappa shape index (κ2) is 5.09. The van der Waals surface area contributed by atoms with Gasteiger partial charge in [-0.2, -0.15) is 23.5 Å². The van der Waals surface area contributed by atoms with Gasteiger partial charge in [0.2, 0.25) is 0 Å². The van der Waals surface area contributed by atoms with E-state index in [1.807, 2.05) is 0 Å². The Morgan fingerprint density at radius 3 is 3.06 bits per heavy atom. The van der Waals surface area contributed by atoms with E-state index >= 15 is 0 Å². The fraction of sp³-hybridized carbons (Fsp3) is 1.00. The van der Waals surface area contributed by atoms with E-state index in [1.54, 1.807) is 0 Å². The summed E-state index contributed by atoms with van der Waals surface area (Å²) in [5, 5.41) is 4.22. The Morgan fingerprint density at radius 1 is 1.44 bits per heavy atom. The molecule has 4 heteroatoms. The first-order valence-electron chi connectivity index (χ1n) is 6.40. The van der Waals surface area contributed by atoms with Crippen LogP contribution in [0, 0.1) is 5.92 Å². The van der Waals surface area contributed by atoms with E-state index in [-0.39, 0.29) is 5.60 Å².